The predicted octanol–water partition coefficient (Wildman–Crippen LogP) is 3.09. The summed E-state index contributed by atoms with van der Waals surface area (Å²) in [6.07, 6.45) is 0.864. The first-order valence-electron chi connectivity index (χ1n) is 7.61. The fraction of sp³-hybridized carbons (Fsp3) is 0.278. The van der Waals surface area contributed by atoms with Gasteiger partial charge in [-0.25, -0.2) is 0 Å². The number of nitrogens with two attached hydrogens (primary N) is 1. The maximum atomic E-state index is 11.2. The van der Waals surface area contributed by atoms with Gasteiger partial charge in [-0.15, -0.1) is 0 Å². The molecule has 0 bridgehead atoms. The lowest BCUT2D eigenvalue weighted by Crippen LogP contribution is -2.54. The Labute approximate surface area is 144 Å². The third kappa shape index (κ3) is 4.12. The maximum Gasteiger partial charge on any atom is 0.234 e. The Balaban J connectivity index is 1.54. The lowest BCUT2D eigenvalue weighted by molar-refractivity contribution is -0.127. The minimum Gasteiger partial charge on any atom is -0.489 e. The highest BCUT2D eigenvalue weighted by Gasteiger charge is 2.32. The van der Waals surface area contributed by atoms with Gasteiger partial charge in [-0.2, -0.15) is 0 Å². The molecule has 0 radical (unpaired) electrons. The van der Waals surface area contributed by atoms with E-state index in [0.29, 0.717) is 6.61 Å². The first-order valence-corrected chi connectivity index (χ1v) is 8.40. The number of carbonyl (C=O) groups excluding carboxylic acids is 1. The van der Waals surface area contributed by atoms with Crippen LogP contribution in [0.1, 0.15) is 17.5 Å². The number of halogens is 1. The zero-order valence-corrected chi connectivity index (χ0v) is 14.3. The molecule has 0 aliphatic carbocycles. The Morgan fingerprint density at radius 2 is 2.00 bits per heavy atom. The van der Waals surface area contributed by atoms with Gasteiger partial charge in [0.1, 0.15) is 12.4 Å². The topological polar surface area (TPSA) is 55.6 Å². The molecule has 1 saturated heterocycles. The van der Waals surface area contributed by atoms with Crippen LogP contribution in [0, 0.1) is 0 Å². The third-order valence-electron chi connectivity index (χ3n) is 4.06. The van der Waals surface area contributed by atoms with E-state index in [0.717, 1.165) is 40.9 Å². The van der Waals surface area contributed by atoms with Crippen molar-refractivity contribution in [3.05, 3.63) is 64.1 Å². The smallest absolute Gasteiger partial charge is 0.234 e. The maximum absolute atomic E-state index is 11.2. The van der Waals surface area contributed by atoms with Crippen molar-refractivity contribution in [3.63, 3.8) is 0 Å². The van der Waals surface area contributed by atoms with E-state index in [1.54, 1.807) is 0 Å². The molecule has 0 unspecified atom stereocenters. The van der Waals surface area contributed by atoms with Gasteiger partial charge in [0.05, 0.1) is 6.04 Å². The van der Waals surface area contributed by atoms with Gasteiger partial charge >= 0.3 is 0 Å². The molecule has 0 aromatic heterocycles. The highest BCUT2D eigenvalue weighted by molar-refractivity contribution is 9.10. The molecule has 0 spiro atoms. The van der Waals surface area contributed by atoms with Crippen molar-refractivity contribution in [2.24, 2.45) is 5.73 Å². The summed E-state index contributed by atoms with van der Waals surface area (Å²) in [5.74, 6) is 0.606. The number of rotatable bonds is 6. The molecule has 120 valence electrons. The summed E-state index contributed by atoms with van der Waals surface area (Å²) in [7, 11) is 0. The van der Waals surface area contributed by atoms with Gasteiger partial charge in [-0.05, 0) is 41.8 Å². The second kappa shape index (κ2) is 7.15. The average Bonchev–Trinajstić information content (AvgIpc) is 2.50. The third-order valence-corrected chi connectivity index (χ3v) is 4.56. The number of hydrogen-bond donors (Lipinski definition) is 1. The molecule has 1 aliphatic rings. The van der Waals surface area contributed by atoms with E-state index in [1.807, 2.05) is 48.5 Å². The zero-order chi connectivity index (χ0) is 16.2. The lowest BCUT2D eigenvalue weighted by atomic mass is 10.0. The second-order valence-electron chi connectivity index (χ2n) is 5.74. The van der Waals surface area contributed by atoms with Gasteiger partial charge in [-0.1, -0.05) is 40.2 Å². The fourth-order valence-electron chi connectivity index (χ4n) is 2.67. The summed E-state index contributed by atoms with van der Waals surface area (Å²) in [5.41, 5.74) is 7.64. The predicted molar refractivity (Wildman–Crippen MR) is 92.9 cm³/mol. The number of nitrogens with zero attached hydrogens (tertiary/aromatic N) is 1. The van der Waals surface area contributed by atoms with Crippen molar-refractivity contribution in [3.8, 4) is 5.75 Å². The molecule has 1 atom stereocenters. The van der Waals surface area contributed by atoms with Crippen LogP contribution in [0.2, 0.25) is 0 Å². The lowest BCUT2D eigenvalue weighted by Gasteiger charge is -2.38. The van der Waals surface area contributed by atoms with E-state index in [4.69, 9.17) is 10.5 Å². The molecule has 4 nitrogen and oxygen atoms in total. The number of likely N-dealkylation sites (tertiary alicyclic amines) is 1. The quantitative estimate of drug-likeness (QED) is 0.844. The standard InChI is InChI=1S/C18H19BrN2O2/c19-15-3-1-2-14(10-15)12-23-16-6-4-13(5-7-16)11-21-9-8-17(21)18(20)22/h1-7,10,17H,8-9,11-12H2,(H2,20,22)/t17-/m0/s1. The molecule has 1 amide bonds. The normalized spacial score (nSPS) is 17.5. The number of ether oxygens (including phenoxy) is 1. The molecule has 2 aromatic rings. The Hall–Kier alpha value is -1.85. The SMILES string of the molecule is NC(=O)[C@@H]1CCN1Cc1ccc(OCc2cccc(Br)c2)cc1. The van der Waals surface area contributed by atoms with Gasteiger partial charge < -0.3 is 10.5 Å². The van der Waals surface area contributed by atoms with Crippen LogP contribution < -0.4 is 10.5 Å². The molecular formula is C18H19BrN2O2. The van der Waals surface area contributed by atoms with Crippen molar-refractivity contribution >= 4 is 21.8 Å². The molecular weight excluding hydrogens is 356 g/mol. The minimum atomic E-state index is -0.231. The van der Waals surface area contributed by atoms with E-state index in [9.17, 15) is 4.79 Å². The van der Waals surface area contributed by atoms with Crippen LogP contribution in [0.15, 0.2) is 53.0 Å². The van der Waals surface area contributed by atoms with Crippen molar-refractivity contribution in [1.82, 2.24) is 4.90 Å². The summed E-state index contributed by atoms with van der Waals surface area (Å²) in [6.45, 7) is 2.21. The van der Waals surface area contributed by atoms with Crippen molar-refractivity contribution in [2.45, 2.75) is 25.6 Å². The Morgan fingerprint density at radius 1 is 1.22 bits per heavy atom. The Morgan fingerprint density at radius 3 is 2.61 bits per heavy atom. The molecule has 2 aromatic carbocycles. The molecule has 1 aliphatic heterocycles. The number of amides is 1. The molecule has 5 heteroatoms. The van der Waals surface area contributed by atoms with Crippen LogP contribution >= 0.6 is 15.9 Å². The van der Waals surface area contributed by atoms with Gasteiger partial charge in [0.25, 0.3) is 0 Å². The summed E-state index contributed by atoms with van der Waals surface area (Å²) in [6, 6.07) is 16.0. The van der Waals surface area contributed by atoms with Crippen molar-refractivity contribution < 1.29 is 9.53 Å². The first-order chi connectivity index (χ1) is 11.1. The van der Waals surface area contributed by atoms with Crippen LogP contribution in [-0.4, -0.2) is 23.4 Å². The van der Waals surface area contributed by atoms with E-state index < -0.39 is 0 Å². The highest BCUT2D eigenvalue weighted by atomic mass is 79.9. The van der Waals surface area contributed by atoms with Crippen molar-refractivity contribution in [1.29, 1.82) is 0 Å². The van der Waals surface area contributed by atoms with Gasteiger partial charge in [0, 0.05) is 17.6 Å². The number of carbonyl (C=O) groups is 1. The van der Waals surface area contributed by atoms with Crippen molar-refractivity contribution in [2.75, 3.05) is 6.54 Å². The summed E-state index contributed by atoms with van der Waals surface area (Å²) in [4.78, 5) is 13.3. The monoisotopic (exact) mass is 374 g/mol. The number of benzene rings is 2. The average molecular weight is 375 g/mol. The zero-order valence-electron chi connectivity index (χ0n) is 12.7. The van der Waals surface area contributed by atoms with Crippen LogP contribution in [-0.2, 0) is 17.9 Å². The summed E-state index contributed by atoms with van der Waals surface area (Å²) >= 11 is 3.45. The highest BCUT2D eigenvalue weighted by Crippen LogP contribution is 2.22. The second-order valence-corrected chi connectivity index (χ2v) is 6.66. The molecule has 2 N–H and O–H groups in total. The minimum absolute atomic E-state index is 0.109. The van der Waals surface area contributed by atoms with E-state index in [2.05, 4.69) is 20.8 Å². The Kier molecular flexibility index (Phi) is 4.98. The molecule has 0 saturated carbocycles. The van der Waals surface area contributed by atoms with Gasteiger partial charge in [0.15, 0.2) is 0 Å². The van der Waals surface area contributed by atoms with Crippen LogP contribution in [0.4, 0.5) is 0 Å². The fourth-order valence-corrected chi connectivity index (χ4v) is 3.12. The molecule has 3 rings (SSSR count). The summed E-state index contributed by atoms with van der Waals surface area (Å²) < 4.78 is 6.85. The molecule has 23 heavy (non-hydrogen) atoms. The van der Waals surface area contributed by atoms with Gasteiger partial charge in [0.2, 0.25) is 5.91 Å². The van der Waals surface area contributed by atoms with E-state index in [-0.39, 0.29) is 11.9 Å². The van der Waals surface area contributed by atoms with Crippen LogP contribution in [0.5, 0.6) is 5.75 Å². The first kappa shape index (κ1) is 16.0. The van der Waals surface area contributed by atoms with Gasteiger partial charge in [-0.3, -0.25) is 9.69 Å². The summed E-state index contributed by atoms with van der Waals surface area (Å²) in [5, 5.41) is 0. The number of hydrogen-bond acceptors (Lipinski definition) is 3. The van der Waals surface area contributed by atoms with E-state index in [1.165, 1.54) is 0 Å². The Bertz CT molecular complexity index is 688. The largest absolute Gasteiger partial charge is 0.489 e. The van der Waals surface area contributed by atoms with E-state index >= 15 is 0 Å². The van der Waals surface area contributed by atoms with Crippen LogP contribution in [0.3, 0.4) is 0 Å². The molecule has 1 fully saturated rings. The number of primary amides is 1. The molecule has 1 heterocycles. The van der Waals surface area contributed by atoms with Crippen LogP contribution in [0.25, 0.3) is 0 Å².